The van der Waals surface area contributed by atoms with Crippen LogP contribution in [0.4, 0.5) is 4.39 Å². The molecule has 22 heavy (non-hydrogen) atoms. The van der Waals surface area contributed by atoms with E-state index < -0.39 is 12.0 Å². The average molecular weight is 322 g/mol. The quantitative estimate of drug-likeness (QED) is 0.943. The highest BCUT2D eigenvalue weighted by Gasteiger charge is 2.31. The molecule has 1 unspecified atom stereocenters. The SMILES string of the molecule is Cl.O=C(O)C1Cc2ccccc2CN1Cc1ccc(F)cc1. The fraction of sp³-hybridized carbons (Fsp3) is 0.235. The van der Waals surface area contributed by atoms with Crippen molar-refractivity contribution in [2.75, 3.05) is 0 Å². The Bertz CT molecular complexity index is 660. The highest BCUT2D eigenvalue weighted by Crippen LogP contribution is 2.25. The fourth-order valence-corrected chi connectivity index (χ4v) is 2.81. The van der Waals surface area contributed by atoms with Crippen LogP contribution in [0.15, 0.2) is 48.5 Å². The van der Waals surface area contributed by atoms with E-state index in [-0.39, 0.29) is 18.2 Å². The molecular weight excluding hydrogens is 305 g/mol. The molecule has 1 heterocycles. The van der Waals surface area contributed by atoms with Gasteiger partial charge in [-0.15, -0.1) is 12.4 Å². The van der Waals surface area contributed by atoms with Gasteiger partial charge in [0.15, 0.2) is 0 Å². The molecule has 0 aromatic heterocycles. The fourth-order valence-electron chi connectivity index (χ4n) is 2.81. The van der Waals surface area contributed by atoms with Crippen LogP contribution in [0.25, 0.3) is 0 Å². The Balaban J connectivity index is 0.00000176. The summed E-state index contributed by atoms with van der Waals surface area (Å²) in [5, 5.41) is 9.45. The zero-order valence-electron chi connectivity index (χ0n) is 11.9. The largest absolute Gasteiger partial charge is 0.480 e. The molecule has 116 valence electrons. The number of carboxylic acids is 1. The first-order valence-corrected chi connectivity index (χ1v) is 6.91. The maximum atomic E-state index is 13.0. The Labute approximate surface area is 134 Å². The van der Waals surface area contributed by atoms with Crippen LogP contribution < -0.4 is 0 Å². The molecule has 0 amide bonds. The summed E-state index contributed by atoms with van der Waals surface area (Å²) in [6, 6.07) is 13.6. The van der Waals surface area contributed by atoms with E-state index in [4.69, 9.17) is 0 Å². The molecule has 2 aromatic carbocycles. The highest BCUT2D eigenvalue weighted by atomic mass is 35.5. The number of nitrogens with zero attached hydrogens (tertiary/aromatic N) is 1. The van der Waals surface area contributed by atoms with Crippen molar-refractivity contribution in [3.63, 3.8) is 0 Å². The summed E-state index contributed by atoms with van der Waals surface area (Å²) < 4.78 is 13.0. The highest BCUT2D eigenvalue weighted by molar-refractivity contribution is 5.85. The first-order valence-electron chi connectivity index (χ1n) is 6.91. The third-order valence-corrected chi connectivity index (χ3v) is 3.93. The van der Waals surface area contributed by atoms with E-state index >= 15 is 0 Å². The Morgan fingerprint density at radius 2 is 1.77 bits per heavy atom. The van der Waals surface area contributed by atoms with Crippen LogP contribution in [-0.2, 0) is 24.3 Å². The van der Waals surface area contributed by atoms with Crippen molar-refractivity contribution in [2.24, 2.45) is 0 Å². The van der Waals surface area contributed by atoms with Crippen molar-refractivity contribution in [1.82, 2.24) is 4.90 Å². The molecule has 0 spiro atoms. The van der Waals surface area contributed by atoms with E-state index in [0.717, 1.165) is 16.7 Å². The molecule has 2 aromatic rings. The molecule has 0 fully saturated rings. The predicted octanol–water partition coefficient (Wildman–Crippen LogP) is 3.26. The first kappa shape index (κ1) is 16.5. The molecule has 1 aliphatic heterocycles. The van der Waals surface area contributed by atoms with Crippen LogP contribution in [0.2, 0.25) is 0 Å². The van der Waals surface area contributed by atoms with Gasteiger partial charge in [-0.05, 0) is 35.2 Å². The zero-order chi connectivity index (χ0) is 14.8. The first-order chi connectivity index (χ1) is 10.1. The summed E-state index contributed by atoms with van der Waals surface area (Å²) >= 11 is 0. The molecule has 3 nitrogen and oxygen atoms in total. The van der Waals surface area contributed by atoms with Crippen molar-refractivity contribution in [2.45, 2.75) is 25.6 Å². The molecule has 0 radical (unpaired) electrons. The lowest BCUT2D eigenvalue weighted by molar-refractivity contribution is -0.144. The predicted molar refractivity (Wildman–Crippen MR) is 84.5 cm³/mol. The van der Waals surface area contributed by atoms with Crippen LogP contribution >= 0.6 is 12.4 Å². The van der Waals surface area contributed by atoms with Gasteiger partial charge in [0.1, 0.15) is 11.9 Å². The standard InChI is InChI=1S/C17H16FNO2.ClH/c18-15-7-5-12(6-8-15)10-19-11-14-4-2-1-3-13(14)9-16(19)17(20)21;/h1-8,16H,9-11H2,(H,20,21);1H. The summed E-state index contributed by atoms with van der Waals surface area (Å²) in [6.45, 7) is 1.11. The Kier molecular flexibility index (Phi) is 5.16. The van der Waals surface area contributed by atoms with E-state index in [9.17, 15) is 14.3 Å². The number of halogens is 2. The van der Waals surface area contributed by atoms with Gasteiger partial charge in [0.2, 0.25) is 0 Å². The second-order valence-electron chi connectivity index (χ2n) is 5.36. The minimum atomic E-state index is -0.813. The molecule has 3 rings (SSSR count). The Morgan fingerprint density at radius 1 is 1.14 bits per heavy atom. The van der Waals surface area contributed by atoms with Gasteiger partial charge in [0.05, 0.1) is 0 Å². The van der Waals surface area contributed by atoms with Crippen LogP contribution in [0.1, 0.15) is 16.7 Å². The van der Waals surface area contributed by atoms with Crippen molar-refractivity contribution in [3.8, 4) is 0 Å². The second-order valence-corrected chi connectivity index (χ2v) is 5.36. The van der Waals surface area contributed by atoms with Crippen LogP contribution in [-0.4, -0.2) is 22.0 Å². The van der Waals surface area contributed by atoms with E-state index in [1.165, 1.54) is 12.1 Å². The van der Waals surface area contributed by atoms with Crippen molar-refractivity contribution < 1.29 is 14.3 Å². The van der Waals surface area contributed by atoms with Gasteiger partial charge in [-0.2, -0.15) is 0 Å². The Hall–Kier alpha value is -1.91. The lowest BCUT2D eigenvalue weighted by atomic mass is 9.93. The van der Waals surface area contributed by atoms with Gasteiger partial charge in [-0.25, -0.2) is 4.39 Å². The van der Waals surface area contributed by atoms with Crippen LogP contribution in [0.5, 0.6) is 0 Å². The van der Waals surface area contributed by atoms with E-state index in [2.05, 4.69) is 0 Å². The van der Waals surface area contributed by atoms with Gasteiger partial charge in [-0.3, -0.25) is 9.69 Å². The van der Waals surface area contributed by atoms with Crippen LogP contribution in [0, 0.1) is 5.82 Å². The lowest BCUT2D eigenvalue weighted by Gasteiger charge is -2.34. The minimum Gasteiger partial charge on any atom is -0.480 e. The number of aliphatic carboxylic acids is 1. The van der Waals surface area contributed by atoms with Crippen molar-refractivity contribution in [3.05, 3.63) is 71.0 Å². The van der Waals surface area contributed by atoms with Gasteiger partial charge >= 0.3 is 5.97 Å². The second kappa shape index (κ2) is 6.90. The maximum Gasteiger partial charge on any atom is 0.321 e. The van der Waals surface area contributed by atoms with Gasteiger partial charge in [0.25, 0.3) is 0 Å². The van der Waals surface area contributed by atoms with E-state index in [1.54, 1.807) is 12.1 Å². The summed E-state index contributed by atoms with van der Waals surface area (Å²) in [5.74, 6) is -1.09. The number of hydrogen-bond acceptors (Lipinski definition) is 2. The number of carboxylic acid groups (broad SMARTS) is 1. The van der Waals surface area contributed by atoms with Gasteiger partial charge in [-0.1, -0.05) is 36.4 Å². The average Bonchev–Trinajstić information content (AvgIpc) is 2.48. The third-order valence-electron chi connectivity index (χ3n) is 3.93. The lowest BCUT2D eigenvalue weighted by Crippen LogP contribution is -2.44. The number of hydrogen-bond donors (Lipinski definition) is 1. The smallest absolute Gasteiger partial charge is 0.321 e. The van der Waals surface area contributed by atoms with E-state index in [0.29, 0.717) is 19.5 Å². The molecule has 0 bridgehead atoms. The Morgan fingerprint density at radius 3 is 2.41 bits per heavy atom. The number of carbonyl (C=O) groups is 1. The molecule has 1 N–H and O–H groups in total. The van der Waals surface area contributed by atoms with Crippen LogP contribution in [0.3, 0.4) is 0 Å². The minimum absolute atomic E-state index is 0. The molecule has 0 aliphatic carbocycles. The van der Waals surface area contributed by atoms with Gasteiger partial charge in [0, 0.05) is 13.1 Å². The van der Waals surface area contributed by atoms with Gasteiger partial charge < -0.3 is 5.11 Å². The number of benzene rings is 2. The molecule has 0 saturated carbocycles. The normalized spacial score (nSPS) is 17.4. The summed E-state index contributed by atoms with van der Waals surface area (Å²) in [4.78, 5) is 13.4. The molecule has 1 aliphatic rings. The molecule has 5 heteroatoms. The van der Waals surface area contributed by atoms with Crippen molar-refractivity contribution >= 4 is 18.4 Å². The van der Waals surface area contributed by atoms with Crippen molar-refractivity contribution in [1.29, 1.82) is 0 Å². The summed E-state index contributed by atoms with van der Waals surface area (Å²) in [7, 11) is 0. The number of fused-ring (bicyclic) bond motifs is 1. The monoisotopic (exact) mass is 321 g/mol. The molecule has 0 saturated heterocycles. The number of rotatable bonds is 3. The summed E-state index contributed by atoms with van der Waals surface area (Å²) in [5.41, 5.74) is 3.18. The topological polar surface area (TPSA) is 40.5 Å². The van der Waals surface area contributed by atoms with E-state index in [1.807, 2.05) is 29.2 Å². The molecular formula is C17H17ClFNO2. The zero-order valence-corrected chi connectivity index (χ0v) is 12.7. The third kappa shape index (κ3) is 3.46. The maximum absolute atomic E-state index is 13.0. The summed E-state index contributed by atoms with van der Waals surface area (Å²) in [6.07, 6.45) is 0.507. The molecule has 1 atom stereocenters.